The summed E-state index contributed by atoms with van der Waals surface area (Å²) in [7, 11) is 1.40. The molecule has 3 N–H and O–H groups in total. The highest BCUT2D eigenvalue weighted by Gasteiger charge is 2.13. The minimum absolute atomic E-state index is 0.161. The third-order valence-electron chi connectivity index (χ3n) is 4.14. The first-order valence-electron chi connectivity index (χ1n) is 9.30. The van der Waals surface area contributed by atoms with Gasteiger partial charge < -0.3 is 20.1 Å². The van der Waals surface area contributed by atoms with Crippen molar-refractivity contribution in [2.75, 3.05) is 7.11 Å². The number of carbonyl (C=O) groups excluding carboxylic acids is 1. The van der Waals surface area contributed by atoms with Crippen LogP contribution in [0.4, 0.5) is 0 Å². The van der Waals surface area contributed by atoms with E-state index < -0.39 is 18.3 Å². The third-order valence-corrected chi connectivity index (χ3v) is 4.14. The fourth-order valence-electron chi connectivity index (χ4n) is 2.50. The minimum atomic E-state index is -0.908. The minimum Gasteiger partial charge on any atom is -0.469 e. The van der Waals surface area contributed by atoms with Gasteiger partial charge in [0.1, 0.15) is 0 Å². The van der Waals surface area contributed by atoms with Gasteiger partial charge in [-0.05, 0) is 19.3 Å². The Morgan fingerprint density at radius 1 is 0.917 bits per heavy atom. The van der Waals surface area contributed by atoms with Gasteiger partial charge in [-0.1, -0.05) is 64.0 Å². The number of ether oxygens (including phenoxy) is 1. The quantitative estimate of drug-likeness (QED) is 0.241. The summed E-state index contributed by atoms with van der Waals surface area (Å²) >= 11 is 0. The molecule has 5 nitrogen and oxygen atoms in total. The molecular weight excluding hydrogens is 308 g/mol. The summed E-state index contributed by atoms with van der Waals surface area (Å²) in [5.74, 6) is -0.161. The smallest absolute Gasteiger partial charge is 0.305 e. The summed E-state index contributed by atoms with van der Waals surface area (Å²) in [4.78, 5) is 10.9. The van der Waals surface area contributed by atoms with Gasteiger partial charge in [-0.3, -0.25) is 4.79 Å². The topological polar surface area (TPSA) is 87.0 Å². The van der Waals surface area contributed by atoms with Gasteiger partial charge in [0.15, 0.2) is 0 Å². The summed E-state index contributed by atoms with van der Waals surface area (Å²) in [6, 6.07) is 0. The van der Waals surface area contributed by atoms with Crippen molar-refractivity contribution in [1.29, 1.82) is 0 Å². The largest absolute Gasteiger partial charge is 0.469 e. The molecule has 0 aliphatic heterocycles. The summed E-state index contributed by atoms with van der Waals surface area (Å²) in [6.07, 6.45) is 10.3. The van der Waals surface area contributed by atoms with Crippen molar-refractivity contribution in [3.05, 3.63) is 12.2 Å². The average Bonchev–Trinajstić information content (AvgIpc) is 2.58. The van der Waals surface area contributed by atoms with Crippen LogP contribution in [-0.4, -0.2) is 46.7 Å². The van der Waals surface area contributed by atoms with E-state index >= 15 is 0 Å². The van der Waals surface area contributed by atoms with Gasteiger partial charge >= 0.3 is 5.97 Å². The molecular formula is C19H36O5. The van der Waals surface area contributed by atoms with Crippen LogP contribution < -0.4 is 0 Å². The Morgan fingerprint density at radius 3 is 2.21 bits per heavy atom. The molecule has 0 saturated heterocycles. The summed E-state index contributed by atoms with van der Waals surface area (Å²) in [5, 5.41) is 29.5. The van der Waals surface area contributed by atoms with Crippen molar-refractivity contribution >= 4 is 5.97 Å². The van der Waals surface area contributed by atoms with Gasteiger partial charge in [-0.15, -0.1) is 0 Å². The number of rotatable bonds is 15. The van der Waals surface area contributed by atoms with Crippen LogP contribution in [-0.2, 0) is 9.53 Å². The van der Waals surface area contributed by atoms with Gasteiger partial charge in [-0.2, -0.15) is 0 Å². The second-order valence-corrected chi connectivity index (χ2v) is 6.39. The zero-order chi connectivity index (χ0) is 18.2. The highest BCUT2D eigenvalue weighted by atomic mass is 16.5. The standard InChI is InChI=1S/C19H36O5/c1-3-4-8-12-17(21)18(22)15-14-16(20)11-9-6-5-7-10-13-19(23)24-2/h14-18,20-22H,3-13H2,1-2H3. The fourth-order valence-corrected chi connectivity index (χ4v) is 2.50. The third kappa shape index (κ3) is 13.5. The highest BCUT2D eigenvalue weighted by molar-refractivity contribution is 5.68. The van der Waals surface area contributed by atoms with Crippen LogP contribution in [0, 0.1) is 0 Å². The van der Waals surface area contributed by atoms with E-state index in [0.717, 1.165) is 51.4 Å². The van der Waals surface area contributed by atoms with Crippen molar-refractivity contribution < 1.29 is 24.9 Å². The number of aliphatic hydroxyl groups excluding tert-OH is 3. The Hall–Kier alpha value is -0.910. The van der Waals surface area contributed by atoms with E-state index in [-0.39, 0.29) is 5.97 Å². The molecule has 0 aromatic carbocycles. The Balaban J connectivity index is 3.66. The molecule has 0 radical (unpaired) electrons. The van der Waals surface area contributed by atoms with Crippen LogP contribution in [0.3, 0.4) is 0 Å². The highest BCUT2D eigenvalue weighted by Crippen LogP contribution is 2.11. The second kappa shape index (κ2) is 15.6. The van der Waals surface area contributed by atoms with Crippen molar-refractivity contribution in [3.63, 3.8) is 0 Å². The molecule has 0 rings (SSSR count). The van der Waals surface area contributed by atoms with Gasteiger partial charge in [0, 0.05) is 6.42 Å². The van der Waals surface area contributed by atoms with E-state index in [1.165, 1.54) is 13.2 Å². The van der Waals surface area contributed by atoms with Crippen molar-refractivity contribution in [3.8, 4) is 0 Å². The van der Waals surface area contributed by atoms with E-state index in [9.17, 15) is 20.1 Å². The SMILES string of the molecule is CCCCCC(O)C(O)C=CC(O)CCCCCCCC(=O)OC. The molecule has 0 spiro atoms. The molecule has 0 fully saturated rings. The predicted octanol–water partition coefficient (Wildman–Crippen LogP) is 3.11. The lowest BCUT2D eigenvalue weighted by atomic mass is 10.0. The van der Waals surface area contributed by atoms with Crippen LogP contribution in [0.2, 0.25) is 0 Å². The number of esters is 1. The Morgan fingerprint density at radius 2 is 1.54 bits per heavy atom. The normalized spacial score (nSPS) is 15.4. The number of hydrogen-bond donors (Lipinski definition) is 3. The monoisotopic (exact) mass is 344 g/mol. The Bertz CT molecular complexity index is 330. The molecule has 3 atom stereocenters. The number of carbonyl (C=O) groups is 1. The fraction of sp³-hybridized carbons (Fsp3) is 0.842. The Kier molecular flexibility index (Phi) is 15.0. The molecule has 0 aromatic rings. The molecule has 0 aromatic heterocycles. The summed E-state index contributed by atoms with van der Waals surface area (Å²) < 4.78 is 4.58. The maximum absolute atomic E-state index is 10.9. The first kappa shape index (κ1) is 23.1. The summed E-state index contributed by atoms with van der Waals surface area (Å²) in [5.41, 5.74) is 0. The van der Waals surface area contributed by atoms with E-state index in [1.807, 2.05) is 0 Å². The van der Waals surface area contributed by atoms with Crippen molar-refractivity contribution in [1.82, 2.24) is 0 Å². The number of unbranched alkanes of at least 4 members (excludes halogenated alkanes) is 6. The average molecular weight is 344 g/mol. The van der Waals surface area contributed by atoms with Gasteiger partial charge in [-0.25, -0.2) is 0 Å². The Labute approximate surface area is 146 Å². The first-order chi connectivity index (χ1) is 11.5. The first-order valence-corrected chi connectivity index (χ1v) is 9.30. The molecule has 0 bridgehead atoms. The predicted molar refractivity (Wildman–Crippen MR) is 95.6 cm³/mol. The van der Waals surface area contributed by atoms with Crippen molar-refractivity contribution in [2.45, 2.75) is 95.9 Å². The zero-order valence-corrected chi connectivity index (χ0v) is 15.3. The molecule has 24 heavy (non-hydrogen) atoms. The van der Waals surface area contributed by atoms with E-state index in [4.69, 9.17) is 0 Å². The van der Waals surface area contributed by atoms with Gasteiger partial charge in [0.05, 0.1) is 25.4 Å². The van der Waals surface area contributed by atoms with Crippen LogP contribution in [0.1, 0.15) is 77.6 Å². The maximum Gasteiger partial charge on any atom is 0.305 e. The molecule has 0 aliphatic carbocycles. The molecule has 0 heterocycles. The molecule has 5 heteroatoms. The van der Waals surface area contributed by atoms with Crippen LogP contribution in [0.25, 0.3) is 0 Å². The molecule has 0 saturated carbocycles. The van der Waals surface area contributed by atoms with Gasteiger partial charge in [0.2, 0.25) is 0 Å². The lowest BCUT2D eigenvalue weighted by molar-refractivity contribution is -0.140. The lowest BCUT2D eigenvalue weighted by Crippen LogP contribution is -2.24. The summed E-state index contributed by atoms with van der Waals surface area (Å²) in [6.45, 7) is 2.10. The van der Waals surface area contributed by atoms with E-state index in [1.54, 1.807) is 6.08 Å². The zero-order valence-electron chi connectivity index (χ0n) is 15.3. The molecule has 0 amide bonds. The lowest BCUT2D eigenvalue weighted by Gasteiger charge is -2.14. The number of aliphatic hydroxyl groups is 3. The number of methoxy groups -OCH3 is 1. The maximum atomic E-state index is 10.9. The molecule has 3 unspecified atom stereocenters. The molecule has 142 valence electrons. The number of hydrogen-bond acceptors (Lipinski definition) is 5. The van der Waals surface area contributed by atoms with Crippen LogP contribution in [0.5, 0.6) is 0 Å². The van der Waals surface area contributed by atoms with Crippen LogP contribution >= 0.6 is 0 Å². The van der Waals surface area contributed by atoms with Crippen molar-refractivity contribution in [2.24, 2.45) is 0 Å². The van der Waals surface area contributed by atoms with Gasteiger partial charge in [0.25, 0.3) is 0 Å². The second-order valence-electron chi connectivity index (χ2n) is 6.39. The van der Waals surface area contributed by atoms with Crippen LogP contribution in [0.15, 0.2) is 12.2 Å². The van der Waals surface area contributed by atoms with E-state index in [0.29, 0.717) is 19.3 Å². The van der Waals surface area contributed by atoms with E-state index in [2.05, 4.69) is 11.7 Å². The molecule has 0 aliphatic rings.